The van der Waals surface area contributed by atoms with Gasteiger partial charge in [-0.2, -0.15) is 0 Å². The van der Waals surface area contributed by atoms with E-state index in [1.165, 1.54) is 0 Å². The van der Waals surface area contributed by atoms with Gasteiger partial charge in [0.05, 0.1) is 85.0 Å². The minimum Gasteiger partial charge on any atom is -0.491 e. The van der Waals surface area contributed by atoms with Crippen LogP contribution < -0.4 is 15.2 Å². The molecule has 0 saturated carbocycles. The quantitative estimate of drug-likeness (QED) is 0.185. The van der Waals surface area contributed by atoms with Crippen LogP contribution in [0.25, 0.3) is 0 Å². The molecule has 2 aromatic rings. The van der Waals surface area contributed by atoms with Gasteiger partial charge < -0.3 is 43.6 Å². The molecule has 0 aromatic heterocycles. The summed E-state index contributed by atoms with van der Waals surface area (Å²) in [6.07, 6.45) is 0. The van der Waals surface area contributed by atoms with E-state index in [9.17, 15) is 0 Å². The van der Waals surface area contributed by atoms with Gasteiger partial charge in [0, 0.05) is 0 Å². The third kappa shape index (κ3) is 16.0. The first-order valence-corrected chi connectivity index (χ1v) is 12.0. The molecule has 0 amide bonds. The molecule has 2 N–H and O–H groups in total. The van der Waals surface area contributed by atoms with E-state index in [2.05, 4.69) is 0 Å². The van der Waals surface area contributed by atoms with Crippen LogP contribution in [0.4, 0.5) is 5.69 Å². The van der Waals surface area contributed by atoms with E-state index in [4.69, 9.17) is 43.6 Å². The third-order valence-electron chi connectivity index (χ3n) is 4.50. The van der Waals surface area contributed by atoms with Crippen LogP contribution in [0.3, 0.4) is 0 Å². The maximum atomic E-state index is 5.80. The molecule has 0 saturated heterocycles. The van der Waals surface area contributed by atoms with E-state index < -0.39 is 0 Å². The molecule has 0 radical (unpaired) electrons. The summed E-state index contributed by atoms with van der Waals surface area (Å²) in [5.41, 5.74) is 6.43. The second-order valence-corrected chi connectivity index (χ2v) is 7.22. The number of hydrogen-bond donors (Lipinski definition) is 1. The summed E-state index contributed by atoms with van der Waals surface area (Å²) in [6.45, 7) is 7.16. The van der Waals surface area contributed by atoms with Crippen LogP contribution >= 0.6 is 0 Å². The number of ether oxygens (including phenoxy) is 8. The van der Waals surface area contributed by atoms with Gasteiger partial charge in [0.2, 0.25) is 0 Å². The van der Waals surface area contributed by atoms with E-state index in [1.54, 1.807) is 6.07 Å². The van der Waals surface area contributed by atoms with Gasteiger partial charge in [-0.15, -0.1) is 0 Å². The molecule has 196 valence electrons. The lowest BCUT2D eigenvalue weighted by atomic mass is 10.3. The minimum atomic E-state index is 0.445. The van der Waals surface area contributed by atoms with Crippen LogP contribution in [0.5, 0.6) is 11.5 Å². The molecule has 0 spiro atoms. The number of nitrogens with two attached hydrogens (primary N) is 1. The summed E-state index contributed by atoms with van der Waals surface area (Å²) >= 11 is 0. The molecule has 0 heterocycles. The van der Waals surface area contributed by atoms with E-state index in [0.717, 1.165) is 5.75 Å². The predicted octanol–water partition coefficient (Wildman–Crippen LogP) is 2.83. The second kappa shape index (κ2) is 20.9. The first kappa shape index (κ1) is 28.8. The average molecular weight is 494 g/mol. The van der Waals surface area contributed by atoms with Crippen molar-refractivity contribution in [1.29, 1.82) is 0 Å². The average Bonchev–Trinajstić information content (AvgIpc) is 2.88. The van der Waals surface area contributed by atoms with Crippen molar-refractivity contribution in [2.24, 2.45) is 0 Å². The largest absolute Gasteiger partial charge is 0.491 e. The summed E-state index contributed by atoms with van der Waals surface area (Å²) in [6, 6.07) is 17.1. The van der Waals surface area contributed by atoms with Gasteiger partial charge in [0.1, 0.15) is 24.7 Å². The lowest BCUT2D eigenvalue weighted by Gasteiger charge is -2.09. The summed E-state index contributed by atoms with van der Waals surface area (Å²) in [5, 5.41) is 0. The number of nitrogen functional groups attached to an aromatic ring is 1. The maximum absolute atomic E-state index is 5.80. The van der Waals surface area contributed by atoms with Crippen LogP contribution in [0.15, 0.2) is 54.6 Å². The molecule has 2 rings (SSSR count). The van der Waals surface area contributed by atoms with Gasteiger partial charge in [0.25, 0.3) is 0 Å². The Hall–Kier alpha value is -2.40. The number of rotatable bonds is 23. The Kier molecular flexibility index (Phi) is 17.2. The third-order valence-corrected chi connectivity index (χ3v) is 4.50. The van der Waals surface area contributed by atoms with E-state index in [-0.39, 0.29) is 0 Å². The normalized spacial score (nSPS) is 11.0. The molecule has 9 heteroatoms. The fourth-order valence-corrected chi connectivity index (χ4v) is 2.76. The van der Waals surface area contributed by atoms with Crippen molar-refractivity contribution in [2.45, 2.75) is 0 Å². The molecular weight excluding hydrogens is 454 g/mol. The van der Waals surface area contributed by atoms with Crippen molar-refractivity contribution in [2.75, 3.05) is 98.2 Å². The lowest BCUT2D eigenvalue weighted by molar-refractivity contribution is -0.0187. The zero-order valence-corrected chi connectivity index (χ0v) is 20.4. The smallest absolute Gasteiger partial charge is 0.142 e. The second-order valence-electron chi connectivity index (χ2n) is 7.22. The molecule has 35 heavy (non-hydrogen) atoms. The molecule has 0 fully saturated rings. The Morgan fingerprint density at radius 2 is 0.771 bits per heavy atom. The Labute approximate surface area is 208 Å². The Bertz CT molecular complexity index is 734. The van der Waals surface area contributed by atoms with Crippen molar-refractivity contribution in [1.82, 2.24) is 0 Å². The fourth-order valence-electron chi connectivity index (χ4n) is 2.76. The van der Waals surface area contributed by atoms with E-state index >= 15 is 0 Å². The van der Waals surface area contributed by atoms with Gasteiger partial charge in [-0.25, -0.2) is 0 Å². The highest BCUT2D eigenvalue weighted by Crippen LogP contribution is 2.19. The lowest BCUT2D eigenvalue weighted by Crippen LogP contribution is -2.15. The summed E-state index contributed by atoms with van der Waals surface area (Å²) in [5.74, 6) is 1.52. The maximum Gasteiger partial charge on any atom is 0.142 e. The molecular formula is C26H39NO8. The fraction of sp³-hybridized carbons (Fsp3) is 0.538. The monoisotopic (exact) mass is 493 g/mol. The zero-order valence-electron chi connectivity index (χ0n) is 20.4. The summed E-state index contributed by atoms with van der Waals surface area (Å²) in [4.78, 5) is 0. The van der Waals surface area contributed by atoms with Gasteiger partial charge in [-0.1, -0.05) is 30.3 Å². The van der Waals surface area contributed by atoms with Crippen LogP contribution in [0.1, 0.15) is 0 Å². The van der Waals surface area contributed by atoms with Crippen molar-refractivity contribution in [3.8, 4) is 11.5 Å². The zero-order chi connectivity index (χ0) is 24.7. The number of para-hydroxylation sites is 3. The predicted molar refractivity (Wildman–Crippen MR) is 133 cm³/mol. The summed E-state index contributed by atoms with van der Waals surface area (Å²) in [7, 11) is 0. The van der Waals surface area contributed by atoms with Crippen molar-refractivity contribution < 1.29 is 37.9 Å². The van der Waals surface area contributed by atoms with Gasteiger partial charge in [-0.3, -0.25) is 0 Å². The molecule has 0 atom stereocenters. The summed E-state index contributed by atoms with van der Waals surface area (Å²) < 4.78 is 43.8. The highest BCUT2D eigenvalue weighted by atomic mass is 16.6. The van der Waals surface area contributed by atoms with Crippen LogP contribution in [-0.2, 0) is 28.4 Å². The first-order valence-electron chi connectivity index (χ1n) is 12.0. The van der Waals surface area contributed by atoms with Crippen molar-refractivity contribution in [3.63, 3.8) is 0 Å². The van der Waals surface area contributed by atoms with Crippen LogP contribution in [0, 0.1) is 0 Å². The highest BCUT2D eigenvalue weighted by molar-refractivity contribution is 5.51. The molecule has 9 nitrogen and oxygen atoms in total. The molecule has 0 aliphatic rings. The standard InChI is InChI=1S/C26H39NO8/c27-25-8-4-5-9-26(25)35-23-21-33-19-17-31-15-13-29-11-10-28-12-14-30-16-18-32-20-22-34-24-6-2-1-3-7-24/h1-9H,10-23,27H2. The van der Waals surface area contributed by atoms with Crippen molar-refractivity contribution >= 4 is 5.69 Å². The van der Waals surface area contributed by atoms with Gasteiger partial charge >= 0.3 is 0 Å². The van der Waals surface area contributed by atoms with E-state index in [1.807, 2.05) is 48.5 Å². The Morgan fingerprint density at radius 3 is 1.23 bits per heavy atom. The first-order chi connectivity index (χ1) is 17.4. The Morgan fingerprint density at radius 1 is 0.400 bits per heavy atom. The number of anilines is 1. The van der Waals surface area contributed by atoms with Crippen molar-refractivity contribution in [3.05, 3.63) is 54.6 Å². The van der Waals surface area contributed by atoms with E-state index in [0.29, 0.717) is 104 Å². The van der Waals surface area contributed by atoms with Crippen LogP contribution in [-0.4, -0.2) is 92.5 Å². The molecule has 0 aliphatic heterocycles. The molecule has 0 unspecified atom stereocenters. The SMILES string of the molecule is Nc1ccccc1OCCOCCOCCOCCOCCOCCOCCOc1ccccc1. The van der Waals surface area contributed by atoms with Gasteiger partial charge in [-0.05, 0) is 24.3 Å². The number of benzene rings is 2. The van der Waals surface area contributed by atoms with Crippen LogP contribution in [0.2, 0.25) is 0 Å². The molecule has 0 bridgehead atoms. The topological polar surface area (TPSA) is 99.9 Å². The van der Waals surface area contributed by atoms with Gasteiger partial charge in [0.15, 0.2) is 0 Å². The molecule has 2 aromatic carbocycles. The highest BCUT2D eigenvalue weighted by Gasteiger charge is 1.98. The Balaban J connectivity index is 1.20. The molecule has 0 aliphatic carbocycles. The minimum absolute atomic E-state index is 0.445. The number of hydrogen-bond acceptors (Lipinski definition) is 9.